The molecule has 4 rings (SSSR count). The number of nitrogens with one attached hydrogen (secondary N) is 1. The van der Waals surface area contributed by atoms with Crippen molar-refractivity contribution < 1.29 is 27.4 Å². The maximum absolute atomic E-state index is 12.5. The van der Waals surface area contributed by atoms with Crippen molar-refractivity contribution in [2.45, 2.75) is 61.9 Å². The first kappa shape index (κ1) is 25.3. The predicted octanol–water partition coefficient (Wildman–Crippen LogP) is 4.21. The van der Waals surface area contributed by atoms with Crippen LogP contribution in [0.4, 0.5) is 16.3 Å². The SMILES string of the molecule is COc1c(Nc2ccc(S(=O)(=O)C3CC3)cc2Cl)ncnc1OC1CCN(C(=O)OC(C)C)CC1. The number of sulfone groups is 1. The Morgan fingerprint density at radius 2 is 1.89 bits per heavy atom. The number of piperidine rings is 1. The van der Waals surface area contributed by atoms with Gasteiger partial charge in [-0.25, -0.2) is 18.2 Å². The summed E-state index contributed by atoms with van der Waals surface area (Å²) in [5.41, 5.74) is 0.473. The van der Waals surface area contributed by atoms with Gasteiger partial charge in [-0.1, -0.05) is 11.6 Å². The number of methoxy groups -OCH3 is 1. The first-order valence-electron chi connectivity index (χ1n) is 11.5. The molecule has 2 aliphatic rings. The fourth-order valence-electron chi connectivity index (χ4n) is 3.78. The Morgan fingerprint density at radius 3 is 2.49 bits per heavy atom. The Kier molecular flexibility index (Phi) is 7.56. The van der Waals surface area contributed by atoms with Gasteiger partial charge in [0.1, 0.15) is 12.4 Å². The summed E-state index contributed by atoms with van der Waals surface area (Å²) in [5.74, 6) is 0.882. The van der Waals surface area contributed by atoms with E-state index < -0.39 is 9.84 Å². The second-order valence-corrected chi connectivity index (χ2v) is 11.4. The van der Waals surface area contributed by atoms with Crippen LogP contribution in [0.25, 0.3) is 0 Å². The molecule has 1 saturated heterocycles. The second kappa shape index (κ2) is 10.4. The Balaban J connectivity index is 1.44. The molecule has 1 N–H and O–H groups in total. The van der Waals surface area contributed by atoms with Crippen LogP contribution in [0.1, 0.15) is 39.5 Å². The number of hydrogen-bond acceptors (Lipinski definition) is 9. The maximum atomic E-state index is 12.5. The highest BCUT2D eigenvalue weighted by atomic mass is 35.5. The quantitative estimate of drug-likeness (QED) is 0.541. The van der Waals surface area contributed by atoms with Gasteiger partial charge in [0.15, 0.2) is 15.7 Å². The topological polar surface area (TPSA) is 120 Å². The van der Waals surface area contributed by atoms with Crippen LogP contribution in [0.15, 0.2) is 29.4 Å². The van der Waals surface area contributed by atoms with Crippen molar-refractivity contribution >= 4 is 39.0 Å². The number of benzene rings is 1. The number of carbonyl (C=O) groups excluding carboxylic acids is 1. The molecular weight excluding hydrogens is 496 g/mol. The minimum absolute atomic E-state index is 0.162. The third kappa shape index (κ3) is 5.90. The summed E-state index contributed by atoms with van der Waals surface area (Å²) in [6.07, 6.45) is 3.29. The number of rotatable bonds is 8. The van der Waals surface area contributed by atoms with Crippen molar-refractivity contribution in [1.29, 1.82) is 0 Å². The molecule has 0 radical (unpaired) electrons. The lowest BCUT2D eigenvalue weighted by atomic mass is 10.1. The Bertz CT molecular complexity index is 1180. The van der Waals surface area contributed by atoms with Crippen LogP contribution in [-0.2, 0) is 14.6 Å². The Labute approximate surface area is 209 Å². The van der Waals surface area contributed by atoms with Crippen molar-refractivity contribution in [3.8, 4) is 11.6 Å². The zero-order valence-corrected chi connectivity index (χ0v) is 21.4. The molecule has 2 fully saturated rings. The van der Waals surface area contributed by atoms with Crippen molar-refractivity contribution in [1.82, 2.24) is 14.9 Å². The van der Waals surface area contributed by atoms with Gasteiger partial charge < -0.3 is 24.4 Å². The molecule has 0 bridgehead atoms. The van der Waals surface area contributed by atoms with Gasteiger partial charge in [0, 0.05) is 25.9 Å². The van der Waals surface area contributed by atoms with E-state index in [2.05, 4.69) is 15.3 Å². The number of nitrogens with zero attached hydrogens (tertiary/aromatic N) is 3. The second-order valence-electron chi connectivity index (χ2n) is 8.81. The molecule has 10 nitrogen and oxygen atoms in total. The van der Waals surface area contributed by atoms with E-state index >= 15 is 0 Å². The average Bonchev–Trinajstić information content (AvgIpc) is 3.67. The summed E-state index contributed by atoms with van der Waals surface area (Å²) in [7, 11) is -1.86. The molecule has 0 spiro atoms. The first-order chi connectivity index (χ1) is 16.7. The van der Waals surface area contributed by atoms with Gasteiger partial charge in [0.05, 0.1) is 34.1 Å². The third-order valence-electron chi connectivity index (χ3n) is 5.78. The third-order valence-corrected chi connectivity index (χ3v) is 8.35. The van der Waals surface area contributed by atoms with Gasteiger partial charge in [0.2, 0.25) is 5.75 Å². The zero-order chi connectivity index (χ0) is 25.2. The number of hydrogen-bond donors (Lipinski definition) is 1. The number of anilines is 2. The van der Waals surface area contributed by atoms with Crippen molar-refractivity contribution in [2.24, 2.45) is 0 Å². The maximum Gasteiger partial charge on any atom is 0.410 e. The van der Waals surface area contributed by atoms with Crippen LogP contribution >= 0.6 is 11.6 Å². The predicted molar refractivity (Wildman–Crippen MR) is 130 cm³/mol. The highest BCUT2D eigenvalue weighted by molar-refractivity contribution is 7.92. The number of ether oxygens (including phenoxy) is 3. The molecule has 190 valence electrons. The molecule has 12 heteroatoms. The summed E-state index contributed by atoms with van der Waals surface area (Å²) in [6.45, 7) is 4.66. The molecule has 2 aromatic rings. The van der Waals surface area contributed by atoms with E-state index in [-0.39, 0.29) is 39.3 Å². The summed E-state index contributed by atoms with van der Waals surface area (Å²) in [6, 6.07) is 4.58. The van der Waals surface area contributed by atoms with Crippen LogP contribution in [0, 0.1) is 0 Å². The van der Waals surface area contributed by atoms with Gasteiger partial charge in [-0.3, -0.25) is 0 Å². The van der Waals surface area contributed by atoms with Gasteiger partial charge >= 0.3 is 6.09 Å². The summed E-state index contributed by atoms with van der Waals surface area (Å²) >= 11 is 6.39. The zero-order valence-electron chi connectivity index (χ0n) is 19.9. The number of aromatic nitrogens is 2. The normalized spacial score (nSPS) is 16.8. The smallest absolute Gasteiger partial charge is 0.410 e. The lowest BCUT2D eigenvalue weighted by Gasteiger charge is -2.31. The minimum Gasteiger partial charge on any atom is -0.489 e. The fraction of sp³-hybridized carbons (Fsp3) is 0.522. The average molecular weight is 525 g/mol. The molecule has 0 atom stereocenters. The van der Waals surface area contributed by atoms with Crippen molar-refractivity contribution in [3.05, 3.63) is 29.5 Å². The van der Waals surface area contributed by atoms with Crippen LogP contribution in [0.5, 0.6) is 11.6 Å². The lowest BCUT2D eigenvalue weighted by Crippen LogP contribution is -2.42. The molecular formula is C23H29ClN4O6S. The lowest BCUT2D eigenvalue weighted by molar-refractivity contribution is 0.0500. The van der Waals surface area contributed by atoms with E-state index in [9.17, 15) is 13.2 Å². The van der Waals surface area contributed by atoms with E-state index in [1.165, 1.54) is 25.6 Å². The van der Waals surface area contributed by atoms with Crippen LogP contribution in [0.3, 0.4) is 0 Å². The molecule has 1 saturated carbocycles. The largest absolute Gasteiger partial charge is 0.489 e. The summed E-state index contributed by atoms with van der Waals surface area (Å²) < 4.78 is 41.8. The monoisotopic (exact) mass is 524 g/mol. The standard InChI is InChI=1S/C23H29ClN4O6S/c1-14(2)33-23(29)28-10-8-15(9-11-28)34-22-20(32-3)21(25-13-26-22)27-19-7-6-17(12-18(19)24)35(30,31)16-4-5-16/h6-7,12-16H,4-5,8-11H2,1-3H3,(H,25,26,27). The highest BCUT2D eigenvalue weighted by Gasteiger charge is 2.37. The Hall–Kier alpha value is -2.79. The molecule has 1 aliphatic carbocycles. The van der Waals surface area contributed by atoms with E-state index in [1.807, 2.05) is 13.8 Å². The number of likely N-dealkylation sites (tertiary alicyclic amines) is 1. The molecule has 1 amide bonds. The highest BCUT2D eigenvalue weighted by Crippen LogP contribution is 2.38. The summed E-state index contributed by atoms with van der Waals surface area (Å²) in [5, 5.41) is 3.01. The minimum atomic E-state index is -3.34. The van der Waals surface area contributed by atoms with E-state index in [0.29, 0.717) is 56.0 Å². The molecule has 1 aliphatic heterocycles. The van der Waals surface area contributed by atoms with Crippen molar-refractivity contribution in [2.75, 3.05) is 25.5 Å². The molecule has 1 aromatic heterocycles. The van der Waals surface area contributed by atoms with E-state index in [4.69, 9.17) is 25.8 Å². The fourth-order valence-corrected chi connectivity index (χ4v) is 5.75. The molecule has 1 aromatic carbocycles. The molecule has 35 heavy (non-hydrogen) atoms. The van der Waals surface area contributed by atoms with Gasteiger partial charge in [-0.2, -0.15) is 4.98 Å². The van der Waals surface area contributed by atoms with Gasteiger partial charge in [0.25, 0.3) is 5.88 Å². The Morgan fingerprint density at radius 1 is 1.17 bits per heavy atom. The van der Waals surface area contributed by atoms with E-state index in [1.54, 1.807) is 11.0 Å². The van der Waals surface area contributed by atoms with E-state index in [0.717, 1.165) is 0 Å². The number of halogens is 1. The summed E-state index contributed by atoms with van der Waals surface area (Å²) in [4.78, 5) is 22.4. The van der Waals surface area contributed by atoms with Crippen molar-refractivity contribution in [3.63, 3.8) is 0 Å². The van der Waals surface area contributed by atoms with Crippen LogP contribution in [0.2, 0.25) is 5.02 Å². The van der Waals surface area contributed by atoms with Crippen LogP contribution < -0.4 is 14.8 Å². The van der Waals surface area contributed by atoms with Crippen LogP contribution in [-0.4, -0.2) is 67.0 Å². The number of amides is 1. The molecule has 2 heterocycles. The molecule has 0 unspecified atom stereocenters. The van der Waals surface area contributed by atoms with Gasteiger partial charge in [-0.15, -0.1) is 0 Å². The first-order valence-corrected chi connectivity index (χ1v) is 13.4. The van der Waals surface area contributed by atoms with Gasteiger partial charge in [-0.05, 0) is 44.9 Å². The number of carbonyl (C=O) groups is 1.